The molecule has 0 aliphatic rings. The molecule has 0 amide bonds. The molecule has 0 atom stereocenters. The number of anilines is 3. The third-order valence-electron chi connectivity index (χ3n) is 2.14. The van der Waals surface area contributed by atoms with Crippen molar-refractivity contribution in [1.82, 2.24) is 9.71 Å². The van der Waals surface area contributed by atoms with Crippen molar-refractivity contribution in [3.63, 3.8) is 0 Å². The minimum Gasteiger partial charge on any atom is -0.423 e. The van der Waals surface area contributed by atoms with Crippen LogP contribution in [0.15, 0.2) is 4.79 Å². The second-order valence-electron chi connectivity index (χ2n) is 3.26. The van der Waals surface area contributed by atoms with Gasteiger partial charge in [0.1, 0.15) is 0 Å². The SMILES string of the molecule is Nc1nc(N(CCO)CCO)c(=O)n(O)c1N. The van der Waals surface area contributed by atoms with E-state index in [9.17, 15) is 10.0 Å². The van der Waals surface area contributed by atoms with E-state index in [0.717, 1.165) is 0 Å². The van der Waals surface area contributed by atoms with Crippen LogP contribution >= 0.6 is 0 Å². The molecule has 96 valence electrons. The summed E-state index contributed by atoms with van der Waals surface area (Å²) >= 11 is 0. The van der Waals surface area contributed by atoms with Gasteiger partial charge in [0, 0.05) is 13.1 Å². The maximum absolute atomic E-state index is 11.6. The molecule has 0 saturated carbocycles. The van der Waals surface area contributed by atoms with Crippen LogP contribution in [0, 0.1) is 0 Å². The van der Waals surface area contributed by atoms with Crippen molar-refractivity contribution in [2.45, 2.75) is 0 Å². The van der Waals surface area contributed by atoms with Gasteiger partial charge in [0.2, 0.25) is 5.82 Å². The molecule has 9 heteroatoms. The van der Waals surface area contributed by atoms with Gasteiger partial charge in [-0.3, -0.25) is 4.79 Å². The molecular formula is C8H15N5O4. The van der Waals surface area contributed by atoms with Crippen molar-refractivity contribution >= 4 is 17.5 Å². The Hall–Kier alpha value is -2.00. The first kappa shape index (κ1) is 13.1. The first-order valence-corrected chi connectivity index (χ1v) is 4.86. The molecule has 0 spiro atoms. The van der Waals surface area contributed by atoms with Crippen LogP contribution in [0.3, 0.4) is 0 Å². The van der Waals surface area contributed by atoms with Crippen LogP contribution in [0.25, 0.3) is 0 Å². The molecule has 0 aromatic carbocycles. The summed E-state index contributed by atoms with van der Waals surface area (Å²) < 4.78 is 0.180. The lowest BCUT2D eigenvalue weighted by molar-refractivity contribution is 0.181. The summed E-state index contributed by atoms with van der Waals surface area (Å²) in [6.07, 6.45) is 0. The van der Waals surface area contributed by atoms with Crippen LogP contribution in [-0.2, 0) is 0 Å². The third-order valence-corrected chi connectivity index (χ3v) is 2.14. The average Bonchev–Trinajstić information content (AvgIpc) is 2.31. The van der Waals surface area contributed by atoms with Crippen molar-refractivity contribution in [2.24, 2.45) is 0 Å². The zero-order chi connectivity index (χ0) is 13.0. The molecule has 1 aromatic rings. The highest BCUT2D eigenvalue weighted by Crippen LogP contribution is 2.12. The molecule has 0 bridgehead atoms. The molecule has 0 aliphatic carbocycles. The van der Waals surface area contributed by atoms with Gasteiger partial charge >= 0.3 is 5.56 Å². The minimum atomic E-state index is -0.862. The van der Waals surface area contributed by atoms with E-state index >= 15 is 0 Å². The first-order valence-electron chi connectivity index (χ1n) is 4.86. The lowest BCUT2D eigenvalue weighted by atomic mass is 10.4. The monoisotopic (exact) mass is 245 g/mol. The van der Waals surface area contributed by atoms with Gasteiger partial charge < -0.3 is 31.8 Å². The van der Waals surface area contributed by atoms with E-state index < -0.39 is 5.56 Å². The summed E-state index contributed by atoms with van der Waals surface area (Å²) in [5, 5.41) is 27.0. The molecule has 17 heavy (non-hydrogen) atoms. The van der Waals surface area contributed by atoms with E-state index in [1.54, 1.807) is 0 Å². The molecule has 1 heterocycles. The highest BCUT2D eigenvalue weighted by atomic mass is 16.5. The smallest absolute Gasteiger partial charge is 0.327 e. The summed E-state index contributed by atoms with van der Waals surface area (Å²) in [7, 11) is 0. The normalized spacial score (nSPS) is 10.5. The number of nitrogen functional groups attached to an aromatic ring is 2. The summed E-state index contributed by atoms with van der Waals surface area (Å²) in [6.45, 7) is -0.327. The molecule has 1 rings (SSSR count). The first-order chi connectivity index (χ1) is 8.02. The van der Waals surface area contributed by atoms with Crippen molar-refractivity contribution in [3.8, 4) is 0 Å². The second kappa shape index (κ2) is 5.37. The van der Waals surface area contributed by atoms with Gasteiger partial charge in [0.25, 0.3) is 0 Å². The average molecular weight is 245 g/mol. The second-order valence-corrected chi connectivity index (χ2v) is 3.26. The molecule has 0 saturated heterocycles. The number of aromatic nitrogens is 2. The van der Waals surface area contributed by atoms with Crippen LogP contribution in [0.1, 0.15) is 0 Å². The fourth-order valence-corrected chi connectivity index (χ4v) is 1.30. The number of hydrogen-bond acceptors (Lipinski definition) is 8. The molecule has 0 aliphatic heterocycles. The van der Waals surface area contributed by atoms with Crippen molar-refractivity contribution in [2.75, 3.05) is 42.7 Å². The van der Waals surface area contributed by atoms with Gasteiger partial charge in [-0.2, -0.15) is 0 Å². The van der Waals surface area contributed by atoms with Crippen LogP contribution < -0.4 is 21.9 Å². The third kappa shape index (κ3) is 2.57. The van der Waals surface area contributed by atoms with Crippen LogP contribution in [0.5, 0.6) is 0 Å². The highest BCUT2D eigenvalue weighted by molar-refractivity contribution is 5.56. The van der Waals surface area contributed by atoms with E-state index in [1.807, 2.05) is 0 Å². The van der Waals surface area contributed by atoms with E-state index in [0.29, 0.717) is 0 Å². The summed E-state index contributed by atoms with van der Waals surface area (Å²) in [5.74, 6) is -0.739. The Morgan fingerprint density at radius 3 is 2.24 bits per heavy atom. The quantitative estimate of drug-likeness (QED) is 0.355. The number of rotatable bonds is 5. The Labute approximate surface area is 96.5 Å². The van der Waals surface area contributed by atoms with E-state index in [1.165, 1.54) is 4.90 Å². The maximum atomic E-state index is 11.6. The topological polar surface area (TPSA) is 151 Å². The Morgan fingerprint density at radius 1 is 1.24 bits per heavy atom. The lowest BCUT2D eigenvalue weighted by Gasteiger charge is -2.21. The number of aliphatic hydroxyl groups excluding tert-OH is 2. The van der Waals surface area contributed by atoms with Gasteiger partial charge in [0.05, 0.1) is 13.2 Å². The summed E-state index contributed by atoms with van der Waals surface area (Å²) in [5.41, 5.74) is 9.86. The van der Waals surface area contributed by atoms with Gasteiger partial charge in [-0.05, 0) is 0 Å². The summed E-state index contributed by atoms with van der Waals surface area (Å²) in [4.78, 5) is 16.7. The molecule has 9 nitrogen and oxygen atoms in total. The fourth-order valence-electron chi connectivity index (χ4n) is 1.30. The van der Waals surface area contributed by atoms with Crippen molar-refractivity contribution < 1.29 is 15.4 Å². The van der Waals surface area contributed by atoms with Crippen molar-refractivity contribution in [3.05, 3.63) is 10.4 Å². The Kier molecular flexibility index (Phi) is 4.12. The Morgan fingerprint density at radius 2 is 1.76 bits per heavy atom. The predicted octanol–water partition coefficient (Wildman–Crippen LogP) is -2.56. The highest BCUT2D eigenvalue weighted by Gasteiger charge is 2.17. The van der Waals surface area contributed by atoms with E-state index in [-0.39, 0.29) is 48.5 Å². The molecule has 0 radical (unpaired) electrons. The standard InChI is InChI=1S/C8H15N5O4/c9-5-6(10)13(17)8(16)7(11-5)12(1-3-14)2-4-15/h14-15,17H,1-4,9-10H2. The minimum absolute atomic E-state index is 0.0756. The van der Waals surface area contributed by atoms with Gasteiger partial charge in [-0.25, -0.2) is 4.98 Å². The van der Waals surface area contributed by atoms with Crippen LogP contribution in [0.4, 0.5) is 17.5 Å². The molecule has 7 N–H and O–H groups in total. The Bertz CT molecular complexity index is 440. The summed E-state index contributed by atoms with van der Waals surface area (Å²) in [6, 6.07) is 0. The predicted molar refractivity (Wildman–Crippen MR) is 60.9 cm³/mol. The zero-order valence-corrected chi connectivity index (χ0v) is 9.07. The number of nitrogens with two attached hydrogens (primary N) is 2. The number of nitrogens with zero attached hydrogens (tertiary/aromatic N) is 3. The Balaban J connectivity index is 3.24. The molecule has 1 aromatic heterocycles. The fraction of sp³-hybridized carbons (Fsp3) is 0.500. The van der Waals surface area contributed by atoms with E-state index in [4.69, 9.17) is 21.7 Å². The number of hydrogen-bond donors (Lipinski definition) is 5. The van der Waals surface area contributed by atoms with Crippen molar-refractivity contribution in [1.29, 1.82) is 0 Å². The van der Waals surface area contributed by atoms with Crippen LogP contribution in [0.2, 0.25) is 0 Å². The number of aliphatic hydroxyl groups is 2. The largest absolute Gasteiger partial charge is 0.423 e. The van der Waals surface area contributed by atoms with E-state index in [2.05, 4.69) is 4.98 Å². The maximum Gasteiger partial charge on any atom is 0.327 e. The van der Waals surface area contributed by atoms with Crippen LogP contribution in [-0.4, -0.2) is 51.4 Å². The van der Waals surface area contributed by atoms with Gasteiger partial charge in [0.15, 0.2) is 11.6 Å². The van der Waals surface area contributed by atoms with Gasteiger partial charge in [-0.15, -0.1) is 4.73 Å². The zero-order valence-electron chi connectivity index (χ0n) is 9.07. The van der Waals surface area contributed by atoms with Gasteiger partial charge in [-0.1, -0.05) is 0 Å². The lowest BCUT2D eigenvalue weighted by Crippen LogP contribution is -2.38. The molecule has 0 unspecified atom stereocenters. The molecule has 0 fully saturated rings. The molecular weight excluding hydrogens is 230 g/mol.